The van der Waals surface area contributed by atoms with Gasteiger partial charge in [-0.05, 0) is 47.9 Å². The maximum Gasteiger partial charge on any atom is 0.341 e. The Morgan fingerprint density at radius 1 is 0.900 bits per heavy atom. The van der Waals surface area contributed by atoms with Crippen LogP contribution in [0, 0.1) is 0 Å². The third-order valence-electron chi connectivity index (χ3n) is 5.35. The molecule has 0 aliphatic carbocycles. The molecule has 0 amide bonds. The maximum atomic E-state index is 12.1. The fourth-order valence-electron chi connectivity index (χ4n) is 3.50. The van der Waals surface area contributed by atoms with Gasteiger partial charge in [0.05, 0.1) is 12.8 Å². The van der Waals surface area contributed by atoms with Crippen molar-refractivity contribution in [1.29, 1.82) is 0 Å². The number of azo groups is 2. The zero-order valence-electron chi connectivity index (χ0n) is 20.6. The van der Waals surface area contributed by atoms with Crippen molar-refractivity contribution in [3.8, 4) is 23.0 Å². The quantitative estimate of drug-likeness (QED) is 0.0984. The summed E-state index contributed by atoms with van der Waals surface area (Å²) in [4.78, 5) is 10.4. The van der Waals surface area contributed by atoms with Crippen LogP contribution in [0.3, 0.4) is 0 Å². The van der Waals surface area contributed by atoms with Gasteiger partial charge in [0.15, 0.2) is 12.4 Å². The Balaban J connectivity index is 1.84. The number of nitrogen functional groups attached to an aromatic ring is 1. The Bertz CT molecular complexity index is 1770. The summed E-state index contributed by atoms with van der Waals surface area (Å²) >= 11 is 0. The van der Waals surface area contributed by atoms with Gasteiger partial charge in [-0.25, -0.2) is 4.79 Å². The van der Waals surface area contributed by atoms with Gasteiger partial charge < -0.3 is 30.5 Å². The van der Waals surface area contributed by atoms with Gasteiger partial charge in [0.1, 0.15) is 39.2 Å². The van der Waals surface area contributed by atoms with Crippen LogP contribution < -0.4 is 15.2 Å². The van der Waals surface area contributed by atoms with Crippen molar-refractivity contribution in [3.05, 3.63) is 60.7 Å². The fraction of sp³-hybridized carbons (Fsp3) is 0.0800. The lowest BCUT2D eigenvalue weighted by Crippen LogP contribution is -2.09. The Hall–Kier alpha value is -5.28. The van der Waals surface area contributed by atoms with Crippen LogP contribution in [0.4, 0.5) is 28.4 Å². The lowest BCUT2D eigenvalue weighted by Gasteiger charge is -2.12. The number of carboxylic acid groups (broad SMARTS) is 1. The second-order valence-corrected chi connectivity index (χ2v) is 9.51. The number of anilines is 1. The van der Waals surface area contributed by atoms with Crippen molar-refractivity contribution in [2.75, 3.05) is 19.5 Å². The SMILES string of the molecule is COc1cc(N=Nc2c(S(=O)(=O)O)cc3ccc(N)cc3c2O)c(OCC(=O)O)cc1N=Nc1ccc(O)cc1. The number of carboxylic acids is 1. The van der Waals surface area contributed by atoms with Gasteiger partial charge in [-0.15, -0.1) is 15.3 Å². The molecular formula is C25H21N5O9S. The summed E-state index contributed by atoms with van der Waals surface area (Å²) in [5.74, 6) is -1.94. The van der Waals surface area contributed by atoms with E-state index >= 15 is 0 Å². The largest absolute Gasteiger partial charge is 0.508 e. The highest BCUT2D eigenvalue weighted by Gasteiger charge is 2.22. The fourth-order valence-corrected chi connectivity index (χ4v) is 4.16. The minimum atomic E-state index is -4.87. The minimum Gasteiger partial charge on any atom is -0.508 e. The van der Waals surface area contributed by atoms with Gasteiger partial charge >= 0.3 is 5.97 Å². The first-order valence-corrected chi connectivity index (χ1v) is 12.6. The molecule has 0 bridgehead atoms. The smallest absolute Gasteiger partial charge is 0.341 e. The third-order valence-corrected chi connectivity index (χ3v) is 6.21. The Labute approximate surface area is 226 Å². The number of phenols is 2. The lowest BCUT2D eigenvalue weighted by atomic mass is 10.1. The van der Waals surface area contributed by atoms with E-state index in [2.05, 4.69) is 20.5 Å². The average molecular weight is 568 g/mol. The molecule has 4 aromatic carbocycles. The van der Waals surface area contributed by atoms with Crippen LogP contribution in [0.25, 0.3) is 10.8 Å². The highest BCUT2D eigenvalue weighted by atomic mass is 32.2. The number of methoxy groups -OCH3 is 1. The molecule has 0 heterocycles. The number of phenolic OH excluding ortho intramolecular Hbond substituents is 2. The molecular weight excluding hydrogens is 546 g/mol. The molecule has 0 aliphatic rings. The molecule has 0 aromatic heterocycles. The molecule has 14 nitrogen and oxygen atoms in total. The predicted molar refractivity (Wildman–Crippen MR) is 142 cm³/mol. The van der Waals surface area contributed by atoms with Gasteiger partial charge in [0, 0.05) is 23.2 Å². The van der Waals surface area contributed by atoms with Crippen LogP contribution in [0.5, 0.6) is 23.0 Å². The highest BCUT2D eigenvalue weighted by molar-refractivity contribution is 7.86. The van der Waals surface area contributed by atoms with Gasteiger partial charge in [0.25, 0.3) is 10.1 Å². The third kappa shape index (κ3) is 6.23. The summed E-state index contributed by atoms with van der Waals surface area (Å²) < 4.78 is 44.6. The summed E-state index contributed by atoms with van der Waals surface area (Å²) in [6, 6.07) is 13.8. The molecule has 206 valence electrons. The summed E-state index contributed by atoms with van der Waals surface area (Å²) in [5, 5.41) is 45.7. The molecule has 0 saturated carbocycles. The monoisotopic (exact) mass is 567 g/mol. The molecule has 6 N–H and O–H groups in total. The van der Waals surface area contributed by atoms with E-state index in [1.165, 1.54) is 61.7 Å². The number of carbonyl (C=O) groups is 1. The van der Waals surface area contributed by atoms with Crippen LogP contribution in [0.2, 0.25) is 0 Å². The number of rotatable bonds is 9. The van der Waals surface area contributed by atoms with Crippen molar-refractivity contribution in [2.24, 2.45) is 20.5 Å². The van der Waals surface area contributed by atoms with Crippen LogP contribution >= 0.6 is 0 Å². The molecule has 0 unspecified atom stereocenters. The van der Waals surface area contributed by atoms with Crippen molar-refractivity contribution in [2.45, 2.75) is 4.90 Å². The Kier molecular flexibility index (Phi) is 7.78. The van der Waals surface area contributed by atoms with Crippen LogP contribution in [0.15, 0.2) is 86.0 Å². The van der Waals surface area contributed by atoms with Crippen LogP contribution in [-0.4, -0.2) is 48.0 Å². The van der Waals surface area contributed by atoms with Crippen LogP contribution in [-0.2, 0) is 14.9 Å². The van der Waals surface area contributed by atoms with Crippen LogP contribution in [0.1, 0.15) is 0 Å². The van der Waals surface area contributed by atoms with E-state index < -0.39 is 39.0 Å². The van der Waals surface area contributed by atoms with E-state index in [9.17, 15) is 28.0 Å². The first kappa shape index (κ1) is 27.7. The highest BCUT2D eigenvalue weighted by Crippen LogP contribution is 2.44. The van der Waals surface area contributed by atoms with Gasteiger partial charge in [-0.2, -0.15) is 13.5 Å². The van der Waals surface area contributed by atoms with E-state index in [0.717, 1.165) is 6.07 Å². The molecule has 4 rings (SSSR count). The summed E-state index contributed by atoms with van der Waals surface area (Å²) in [6.07, 6.45) is 0. The molecule has 0 saturated heterocycles. The number of ether oxygens (including phenoxy) is 2. The van der Waals surface area contributed by atoms with E-state index in [-0.39, 0.29) is 45.1 Å². The first-order valence-electron chi connectivity index (χ1n) is 11.2. The normalized spacial score (nSPS) is 11.8. The second-order valence-electron chi connectivity index (χ2n) is 8.12. The van der Waals surface area contributed by atoms with E-state index in [1.807, 2.05) is 0 Å². The molecule has 0 radical (unpaired) electrons. The number of aromatic hydroxyl groups is 2. The predicted octanol–water partition coefficient (Wildman–Crippen LogP) is 5.38. The number of fused-ring (bicyclic) bond motifs is 1. The topological polar surface area (TPSA) is 226 Å². The Morgan fingerprint density at radius 2 is 1.55 bits per heavy atom. The number of nitrogens with zero attached hydrogens (tertiary/aromatic N) is 4. The molecule has 0 aliphatic heterocycles. The van der Waals surface area contributed by atoms with Crippen molar-refractivity contribution in [1.82, 2.24) is 0 Å². The van der Waals surface area contributed by atoms with E-state index in [1.54, 1.807) is 0 Å². The van der Waals surface area contributed by atoms with Crippen molar-refractivity contribution in [3.63, 3.8) is 0 Å². The number of hydrogen-bond acceptors (Lipinski definition) is 12. The molecule has 0 fully saturated rings. The number of benzene rings is 4. The summed E-state index contributed by atoms with van der Waals surface area (Å²) in [5.41, 5.74) is 5.83. The zero-order valence-corrected chi connectivity index (χ0v) is 21.4. The summed E-state index contributed by atoms with van der Waals surface area (Å²) in [7, 11) is -3.55. The standard InChI is InChI=1S/C25H21N5O9S/c1-38-20-10-19(21(39-12-23(32)33)11-18(20)28-27-15-4-6-16(31)7-5-15)29-30-24-22(40(35,36)37)8-13-2-3-14(26)9-17(13)25(24)34/h2-11,31,34H,12,26H2,1H3,(H,32,33)(H,35,36,37). The van der Waals surface area contributed by atoms with E-state index in [0.29, 0.717) is 5.69 Å². The number of hydrogen-bond donors (Lipinski definition) is 5. The first-order chi connectivity index (χ1) is 19.0. The Morgan fingerprint density at radius 3 is 2.20 bits per heavy atom. The molecule has 4 aromatic rings. The number of nitrogens with two attached hydrogens (primary N) is 1. The average Bonchev–Trinajstić information content (AvgIpc) is 2.90. The van der Waals surface area contributed by atoms with Gasteiger partial charge in [-0.3, -0.25) is 4.55 Å². The molecule has 40 heavy (non-hydrogen) atoms. The molecule has 15 heteroatoms. The zero-order chi connectivity index (χ0) is 29.0. The van der Waals surface area contributed by atoms with E-state index in [4.69, 9.17) is 20.3 Å². The minimum absolute atomic E-state index is 0.0358. The van der Waals surface area contributed by atoms with Gasteiger partial charge in [0.2, 0.25) is 0 Å². The molecule has 0 spiro atoms. The molecule has 0 atom stereocenters. The van der Waals surface area contributed by atoms with Crippen molar-refractivity contribution < 1.29 is 42.6 Å². The second kappa shape index (κ2) is 11.2. The lowest BCUT2D eigenvalue weighted by molar-refractivity contribution is -0.139. The van der Waals surface area contributed by atoms with Crippen molar-refractivity contribution >= 4 is 55.3 Å². The maximum absolute atomic E-state index is 12.1. The summed E-state index contributed by atoms with van der Waals surface area (Å²) in [6.45, 7) is -0.778. The van der Waals surface area contributed by atoms with Gasteiger partial charge in [-0.1, -0.05) is 6.07 Å². The number of aliphatic carboxylic acids is 1.